The van der Waals surface area contributed by atoms with Gasteiger partial charge in [0.25, 0.3) is 0 Å². The second-order valence-corrected chi connectivity index (χ2v) is 9.26. The van der Waals surface area contributed by atoms with Gasteiger partial charge in [0.05, 0.1) is 0 Å². The van der Waals surface area contributed by atoms with E-state index in [0.29, 0.717) is 5.92 Å². The summed E-state index contributed by atoms with van der Waals surface area (Å²) in [6.45, 7) is 13.0. The Bertz CT molecular complexity index is 972. The molecule has 0 aromatic heterocycles. The maximum absolute atomic E-state index is 13.2. The summed E-state index contributed by atoms with van der Waals surface area (Å²) in [5.41, 5.74) is 5.07. The third-order valence-corrected chi connectivity index (χ3v) is 6.10. The van der Waals surface area contributed by atoms with Crippen molar-refractivity contribution in [3.8, 4) is 0 Å². The number of hydrogen-bond donors (Lipinski definition) is 1. The number of rotatable bonds is 7. The molecule has 1 aliphatic carbocycles. The van der Waals surface area contributed by atoms with E-state index in [4.69, 9.17) is 0 Å². The van der Waals surface area contributed by atoms with Crippen LogP contribution in [-0.4, -0.2) is 5.91 Å². The topological polar surface area (TPSA) is 29.1 Å². The van der Waals surface area contributed by atoms with Crippen LogP contribution < -0.4 is 5.32 Å². The first-order valence-corrected chi connectivity index (χ1v) is 11.2. The van der Waals surface area contributed by atoms with Crippen LogP contribution in [0.5, 0.6) is 0 Å². The molecule has 1 amide bonds. The van der Waals surface area contributed by atoms with Crippen LogP contribution in [0, 0.1) is 23.0 Å². The summed E-state index contributed by atoms with van der Waals surface area (Å²) in [5, 5.41) is 2.47. The molecule has 1 aromatic carbocycles. The van der Waals surface area contributed by atoms with Crippen molar-refractivity contribution in [3.05, 3.63) is 88.6 Å². The van der Waals surface area contributed by atoms with E-state index >= 15 is 0 Å². The van der Waals surface area contributed by atoms with Gasteiger partial charge in [-0.15, -0.1) is 0 Å². The Balaban J connectivity index is 2.03. The predicted octanol–water partition coefficient (Wildman–Crippen LogP) is 8.07. The molecule has 0 radical (unpaired) electrons. The van der Waals surface area contributed by atoms with Gasteiger partial charge in [0, 0.05) is 17.8 Å². The van der Waals surface area contributed by atoms with E-state index in [1.54, 1.807) is 6.92 Å². The summed E-state index contributed by atoms with van der Waals surface area (Å²) in [7, 11) is 0. The fourth-order valence-electron chi connectivity index (χ4n) is 4.19. The maximum Gasteiger partial charge on any atom is 0.248 e. The van der Waals surface area contributed by atoms with Crippen LogP contribution in [0.25, 0.3) is 0 Å². The van der Waals surface area contributed by atoms with Crippen molar-refractivity contribution in [3.63, 3.8) is 0 Å². The van der Waals surface area contributed by atoms with Gasteiger partial charge in [-0.2, -0.15) is 0 Å². The molecule has 0 saturated carbocycles. The van der Waals surface area contributed by atoms with E-state index in [0.717, 1.165) is 29.3 Å². The number of amides is 1. The number of benzene rings is 1. The van der Waals surface area contributed by atoms with Crippen LogP contribution in [-0.2, 0) is 4.79 Å². The molecule has 0 heterocycles. The zero-order valence-electron chi connectivity index (χ0n) is 20.1. The lowest BCUT2D eigenvalue weighted by molar-refractivity contribution is -0.111. The molecule has 1 aromatic rings. The van der Waals surface area contributed by atoms with Crippen molar-refractivity contribution in [2.45, 2.75) is 60.8 Å². The molecular weight excluding hydrogens is 404 g/mol. The monoisotopic (exact) mass is 439 g/mol. The summed E-state index contributed by atoms with van der Waals surface area (Å²) in [6, 6.07) is 2.91. The number of nitrogens with one attached hydrogen (secondary N) is 1. The van der Waals surface area contributed by atoms with Crippen LogP contribution in [0.15, 0.2) is 76.9 Å². The van der Waals surface area contributed by atoms with Crippen LogP contribution in [0.2, 0.25) is 0 Å². The molecule has 2 rings (SSSR count). The van der Waals surface area contributed by atoms with Gasteiger partial charge < -0.3 is 5.32 Å². The number of allylic oxidation sites excluding steroid dienone is 9. The smallest absolute Gasteiger partial charge is 0.248 e. The van der Waals surface area contributed by atoms with Gasteiger partial charge in [-0.25, -0.2) is 8.78 Å². The summed E-state index contributed by atoms with van der Waals surface area (Å²) in [4.78, 5) is 12.1. The average Bonchev–Trinajstić information content (AvgIpc) is 2.66. The summed E-state index contributed by atoms with van der Waals surface area (Å²) < 4.78 is 26.5. The van der Waals surface area contributed by atoms with Crippen LogP contribution >= 0.6 is 0 Å². The molecule has 0 saturated heterocycles. The van der Waals surface area contributed by atoms with Crippen molar-refractivity contribution >= 4 is 11.6 Å². The van der Waals surface area contributed by atoms with Gasteiger partial charge in [0.1, 0.15) is 11.6 Å². The van der Waals surface area contributed by atoms with Gasteiger partial charge in [-0.3, -0.25) is 4.79 Å². The van der Waals surface area contributed by atoms with Crippen LogP contribution in [0.1, 0.15) is 60.8 Å². The summed E-state index contributed by atoms with van der Waals surface area (Å²) in [5.74, 6) is -1.23. The highest BCUT2D eigenvalue weighted by Gasteiger charge is 2.30. The molecule has 1 atom stereocenters. The SMILES string of the molecule is CCC1CCC(C)(C)C(/C=C/C(C)=C/C=C/C(C)=C/C(=O)Nc2cc(F)cc(F)c2)=C1C. The van der Waals surface area contributed by atoms with E-state index in [1.807, 2.05) is 25.2 Å². The first-order valence-electron chi connectivity index (χ1n) is 11.2. The van der Waals surface area contributed by atoms with Gasteiger partial charge in [-0.1, -0.05) is 62.3 Å². The van der Waals surface area contributed by atoms with E-state index in [9.17, 15) is 13.6 Å². The largest absolute Gasteiger partial charge is 0.322 e. The standard InChI is InChI=1S/C28H35F2NO/c1-7-22-13-14-28(5,6)26(21(22)4)12-11-19(2)9-8-10-20(3)15-27(32)31-25-17-23(29)16-24(30)18-25/h8-12,15-18,22H,7,13-14H2,1-6H3,(H,31,32)/b10-8+,12-11+,19-9+,20-15+. The van der Waals surface area contributed by atoms with Crippen molar-refractivity contribution in [2.24, 2.45) is 11.3 Å². The molecule has 0 aliphatic heterocycles. The van der Waals surface area contributed by atoms with Crippen molar-refractivity contribution < 1.29 is 13.6 Å². The van der Waals surface area contributed by atoms with E-state index in [2.05, 4.69) is 45.2 Å². The van der Waals surface area contributed by atoms with E-state index in [-0.39, 0.29) is 11.1 Å². The number of anilines is 1. The second-order valence-electron chi connectivity index (χ2n) is 9.26. The minimum atomic E-state index is -0.734. The Morgan fingerprint density at radius 2 is 1.78 bits per heavy atom. The summed E-state index contributed by atoms with van der Waals surface area (Å²) >= 11 is 0. The van der Waals surface area contributed by atoms with Crippen molar-refractivity contribution in [1.82, 2.24) is 0 Å². The highest BCUT2D eigenvalue weighted by Crippen LogP contribution is 2.44. The fraction of sp³-hybridized carbons (Fsp3) is 0.393. The average molecular weight is 440 g/mol. The maximum atomic E-state index is 13.2. The molecular formula is C28H35F2NO. The quantitative estimate of drug-likeness (QED) is 0.338. The van der Waals surface area contributed by atoms with Crippen LogP contribution in [0.4, 0.5) is 14.5 Å². The molecule has 2 nitrogen and oxygen atoms in total. The zero-order valence-corrected chi connectivity index (χ0v) is 20.1. The number of carbonyl (C=O) groups excluding carboxylic acids is 1. The highest BCUT2D eigenvalue weighted by atomic mass is 19.1. The number of carbonyl (C=O) groups is 1. The van der Waals surface area contributed by atoms with Crippen LogP contribution in [0.3, 0.4) is 0 Å². The van der Waals surface area contributed by atoms with Gasteiger partial charge in [0.15, 0.2) is 0 Å². The van der Waals surface area contributed by atoms with E-state index in [1.165, 1.54) is 36.5 Å². The third kappa shape index (κ3) is 7.44. The normalized spacial score (nSPS) is 19.8. The Hall–Kier alpha value is -2.75. The first-order chi connectivity index (χ1) is 15.0. The molecule has 1 unspecified atom stereocenters. The molecule has 1 N–H and O–H groups in total. The Kier molecular flexibility index (Phi) is 8.94. The molecule has 32 heavy (non-hydrogen) atoms. The van der Waals surface area contributed by atoms with Gasteiger partial charge in [0.2, 0.25) is 5.91 Å². The second kappa shape index (κ2) is 11.2. The fourth-order valence-corrected chi connectivity index (χ4v) is 4.19. The van der Waals surface area contributed by atoms with Crippen molar-refractivity contribution in [1.29, 1.82) is 0 Å². The Labute approximate surface area is 191 Å². The molecule has 4 heteroatoms. The lowest BCUT2D eigenvalue weighted by Crippen LogP contribution is -2.24. The first kappa shape index (κ1) is 25.5. The molecule has 0 bridgehead atoms. The number of halogens is 2. The lowest BCUT2D eigenvalue weighted by atomic mass is 9.68. The Morgan fingerprint density at radius 3 is 2.41 bits per heavy atom. The van der Waals surface area contributed by atoms with E-state index < -0.39 is 17.5 Å². The zero-order chi connectivity index (χ0) is 23.9. The molecule has 0 fully saturated rings. The summed E-state index contributed by atoms with van der Waals surface area (Å²) in [6.07, 6.45) is 15.2. The molecule has 1 aliphatic rings. The van der Waals surface area contributed by atoms with Gasteiger partial charge in [-0.05, 0) is 74.6 Å². The highest BCUT2D eigenvalue weighted by molar-refractivity contribution is 5.99. The van der Waals surface area contributed by atoms with Crippen molar-refractivity contribution in [2.75, 3.05) is 5.32 Å². The molecule has 0 spiro atoms. The Morgan fingerprint density at radius 1 is 1.12 bits per heavy atom. The minimum absolute atomic E-state index is 0.0851. The number of hydrogen-bond acceptors (Lipinski definition) is 1. The predicted molar refractivity (Wildman–Crippen MR) is 130 cm³/mol. The minimum Gasteiger partial charge on any atom is -0.322 e. The van der Waals surface area contributed by atoms with Gasteiger partial charge >= 0.3 is 0 Å². The lowest BCUT2D eigenvalue weighted by Gasteiger charge is -2.37. The molecule has 172 valence electrons. The third-order valence-electron chi connectivity index (χ3n) is 6.10.